The van der Waals surface area contributed by atoms with Gasteiger partial charge in [-0.1, -0.05) is 91.0 Å². The Kier molecular flexibility index (Phi) is 4.27. The van der Waals surface area contributed by atoms with Crippen molar-refractivity contribution in [1.29, 1.82) is 0 Å². The van der Waals surface area contributed by atoms with Gasteiger partial charge in [0.2, 0.25) is 0 Å². The smallest absolute Gasteiger partial charge is 0.166 e. The zero-order valence-electron chi connectivity index (χ0n) is 21.4. The number of benzene rings is 4. The van der Waals surface area contributed by atoms with Gasteiger partial charge in [-0.2, -0.15) is 0 Å². The van der Waals surface area contributed by atoms with Crippen LogP contribution in [-0.2, 0) is 0 Å². The van der Waals surface area contributed by atoms with Crippen LogP contribution in [0.4, 0.5) is 0 Å². The third-order valence-electron chi connectivity index (χ3n) is 7.94. The zero-order chi connectivity index (χ0) is 26.2. The Morgan fingerprint density at radius 1 is 0.525 bits per heavy atom. The van der Waals surface area contributed by atoms with E-state index in [0.717, 1.165) is 66.6 Å². The second-order valence-corrected chi connectivity index (χ2v) is 10.1. The molecule has 5 heterocycles. The minimum Gasteiger partial charge on any atom is -0.289 e. The van der Waals surface area contributed by atoms with Gasteiger partial charge in [0.1, 0.15) is 17.0 Å². The molecule has 0 unspecified atom stereocenters. The molecule has 5 aromatic heterocycles. The SMILES string of the molecule is c1ccc(-c2cc(-n3c4ccccc4c4c3nc3c5ccccc5c5ccccc5n34)nc3cccnc23)cc1. The van der Waals surface area contributed by atoms with Crippen molar-refractivity contribution in [2.24, 2.45) is 0 Å². The highest BCUT2D eigenvalue weighted by Gasteiger charge is 2.22. The van der Waals surface area contributed by atoms with Crippen LogP contribution in [0, 0.1) is 0 Å². The summed E-state index contributed by atoms with van der Waals surface area (Å²) in [7, 11) is 0. The van der Waals surface area contributed by atoms with E-state index in [1.54, 1.807) is 0 Å². The monoisotopic (exact) mass is 511 g/mol. The summed E-state index contributed by atoms with van der Waals surface area (Å²) in [6, 6.07) is 42.2. The first-order valence-corrected chi connectivity index (χ1v) is 13.4. The van der Waals surface area contributed by atoms with E-state index in [4.69, 9.17) is 15.0 Å². The molecule has 9 aromatic rings. The van der Waals surface area contributed by atoms with E-state index in [-0.39, 0.29) is 0 Å². The Morgan fingerprint density at radius 3 is 2.08 bits per heavy atom. The van der Waals surface area contributed by atoms with E-state index in [0.29, 0.717) is 0 Å². The van der Waals surface area contributed by atoms with Crippen LogP contribution < -0.4 is 0 Å². The van der Waals surface area contributed by atoms with Gasteiger partial charge in [-0.3, -0.25) is 14.0 Å². The van der Waals surface area contributed by atoms with Crippen molar-refractivity contribution in [2.75, 3.05) is 0 Å². The van der Waals surface area contributed by atoms with Gasteiger partial charge >= 0.3 is 0 Å². The summed E-state index contributed by atoms with van der Waals surface area (Å²) in [4.78, 5) is 15.2. The quantitative estimate of drug-likeness (QED) is 0.219. The van der Waals surface area contributed by atoms with Crippen LogP contribution in [0.1, 0.15) is 0 Å². The number of hydrogen-bond acceptors (Lipinski definition) is 3. The van der Waals surface area contributed by atoms with Gasteiger partial charge in [0, 0.05) is 27.9 Å². The van der Waals surface area contributed by atoms with Crippen molar-refractivity contribution in [1.82, 2.24) is 23.9 Å². The van der Waals surface area contributed by atoms with Crippen molar-refractivity contribution in [3.63, 3.8) is 0 Å². The van der Waals surface area contributed by atoms with Crippen molar-refractivity contribution in [3.05, 3.63) is 128 Å². The number of nitrogens with zero attached hydrogens (tertiary/aromatic N) is 5. The van der Waals surface area contributed by atoms with Gasteiger partial charge in [-0.25, -0.2) is 9.97 Å². The topological polar surface area (TPSA) is 48.0 Å². The molecule has 9 rings (SSSR count). The largest absolute Gasteiger partial charge is 0.289 e. The molecule has 0 fully saturated rings. The highest BCUT2D eigenvalue weighted by Crippen LogP contribution is 2.38. The Morgan fingerprint density at radius 2 is 1.23 bits per heavy atom. The minimum atomic E-state index is 0.822. The average molecular weight is 512 g/mol. The Hall–Kier alpha value is -5.55. The number of fused-ring (bicyclic) bond motifs is 11. The summed E-state index contributed by atoms with van der Waals surface area (Å²) in [5.41, 5.74) is 9.02. The summed E-state index contributed by atoms with van der Waals surface area (Å²) in [5.74, 6) is 0.822. The van der Waals surface area contributed by atoms with Crippen molar-refractivity contribution >= 4 is 60.4 Å². The van der Waals surface area contributed by atoms with Crippen LogP contribution >= 0.6 is 0 Å². The molecular formula is C35H21N5. The fourth-order valence-electron chi connectivity index (χ4n) is 6.25. The van der Waals surface area contributed by atoms with Crippen LogP contribution in [-0.4, -0.2) is 23.9 Å². The van der Waals surface area contributed by atoms with Crippen molar-refractivity contribution in [2.45, 2.75) is 0 Å². The first kappa shape index (κ1) is 21.4. The summed E-state index contributed by atoms with van der Waals surface area (Å²) in [6.45, 7) is 0. The Balaban J connectivity index is 1.49. The standard InChI is InChI=1S/C35H21N5/c1-2-11-22(12-3-1)27-21-31(37-28-17-10-20-36-32(27)28)39-30-19-9-7-16-26(30)33-35(39)38-34-25-15-5-4-13-23(25)24-14-6-8-18-29(24)40(33)34/h1-21H. The molecule has 0 radical (unpaired) electrons. The maximum Gasteiger partial charge on any atom is 0.166 e. The molecule has 0 saturated carbocycles. The molecule has 0 aliphatic carbocycles. The lowest BCUT2D eigenvalue weighted by Gasteiger charge is -2.11. The molecule has 0 N–H and O–H groups in total. The van der Waals surface area contributed by atoms with Crippen LogP contribution in [0.2, 0.25) is 0 Å². The van der Waals surface area contributed by atoms with Gasteiger partial charge in [-0.15, -0.1) is 0 Å². The van der Waals surface area contributed by atoms with Gasteiger partial charge in [0.05, 0.1) is 22.1 Å². The van der Waals surface area contributed by atoms with Gasteiger partial charge in [0.15, 0.2) is 5.65 Å². The maximum atomic E-state index is 5.36. The van der Waals surface area contributed by atoms with Gasteiger partial charge < -0.3 is 0 Å². The molecule has 0 amide bonds. The summed E-state index contributed by atoms with van der Waals surface area (Å²) >= 11 is 0. The molecule has 0 aliphatic heterocycles. The molecule has 0 bridgehead atoms. The number of imidazole rings is 1. The van der Waals surface area contributed by atoms with E-state index >= 15 is 0 Å². The lowest BCUT2D eigenvalue weighted by atomic mass is 10.0. The third kappa shape index (κ3) is 2.83. The molecule has 0 aliphatic rings. The van der Waals surface area contributed by atoms with Crippen LogP contribution in [0.3, 0.4) is 0 Å². The van der Waals surface area contributed by atoms with Crippen LogP contribution in [0.5, 0.6) is 0 Å². The van der Waals surface area contributed by atoms with Crippen LogP contribution in [0.15, 0.2) is 128 Å². The Bertz CT molecular complexity index is 2430. The lowest BCUT2D eigenvalue weighted by Crippen LogP contribution is -2.00. The molecule has 0 spiro atoms. The normalized spacial score (nSPS) is 12.0. The molecule has 186 valence electrons. The first-order chi connectivity index (χ1) is 19.9. The zero-order valence-corrected chi connectivity index (χ0v) is 21.4. The second-order valence-electron chi connectivity index (χ2n) is 10.1. The summed E-state index contributed by atoms with van der Waals surface area (Å²) < 4.78 is 4.53. The second kappa shape index (κ2) is 7.98. The minimum absolute atomic E-state index is 0.822. The fraction of sp³-hybridized carbons (Fsp3) is 0. The van der Waals surface area contributed by atoms with Gasteiger partial charge in [-0.05, 0) is 41.3 Å². The third-order valence-corrected chi connectivity index (χ3v) is 7.94. The van der Waals surface area contributed by atoms with E-state index in [1.165, 1.54) is 10.8 Å². The van der Waals surface area contributed by atoms with E-state index < -0.39 is 0 Å². The van der Waals surface area contributed by atoms with Crippen molar-refractivity contribution in [3.8, 4) is 16.9 Å². The fourth-order valence-corrected chi connectivity index (χ4v) is 6.25. The molecule has 5 heteroatoms. The summed E-state index contributed by atoms with van der Waals surface area (Å²) in [6.07, 6.45) is 1.83. The number of hydrogen-bond donors (Lipinski definition) is 0. The number of rotatable bonds is 2. The molecule has 5 nitrogen and oxygen atoms in total. The molecule has 0 saturated heterocycles. The maximum absolute atomic E-state index is 5.36. The molecule has 0 atom stereocenters. The molecule has 4 aromatic carbocycles. The molecular weight excluding hydrogens is 490 g/mol. The average Bonchev–Trinajstić information content (AvgIpc) is 3.56. The van der Waals surface area contributed by atoms with Crippen molar-refractivity contribution < 1.29 is 0 Å². The van der Waals surface area contributed by atoms with E-state index in [2.05, 4.69) is 112 Å². The molecule has 40 heavy (non-hydrogen) atoms. The highest BCUT2D eigenvalue weighted by atomic mass is 15.2. The predicted octanol–water partition coefficient (Wildman–Crippen LogP) is 8.35. The number of para-hydroxylation sites is 2. The van der Waals surface area contributed by atoms with E-state index in [1.807, 2.05) is 24.4 Å². The first-order valence-electron chi connectivity index (χ1n) is 13.4. The number of aromatic nitrogens is 5. The Labute approximate surface area is 228 Å². The highest BCUT2D eigenvalue weighted by molar-refractivity contribution is 6.17. The lowest BCUT2D eigenvalue weighted by molar-refractivity contribution is 1.08. The van der Waals surface area contributed by atoms with Crippen LogP contribution in [0.25, 0.3) is 77.4 Å². The van der Waals surface area contributed by atoms with E-state index in [9.17, 15) is 0 Å². The predicted molar refractivity (Wildman–Crippen MR) is 163 cm³/mol. The van der Waals surface area contributed by atoms with Gasteiger partial charge in [0.25, 0.3) is 0 Å². The number of pyridine rings is 3. The summed E-state index contributed by atoms with van der Waals surface area (Å²) in [5, 5.41) is 4.69.